The van der Waals surface area contributed by atoms with Crippen LogP contribution >= 0.6 is 11.3 Å². The van der Waals surface area contributed by atoms with Crippen molar-refractivity contribution < 1.29 is 19.1 Å². The highest BCUT2D eigenvalue weighted by atomic mass is 32.1. The topological polar surface area (TPSA) is 91.7 Å². The number of amides is 2. The van der Waals surface area contributed by atoms with Gasteiger partial charge in [0.15, 0.2) is 0 Å². The summed E-state index contributed by atoms with van der Waals surface area (Å²) in [6, 6.07) is 9.06. The van der Waals surface area contributed by atoms with E-state index in [-0.39, 0.29) is 5.91 Å². The van der Waals surface area contributed by atoms with Gasteiger partial charge in [-0.3, -0.25) is 4.79 Å². The molecule has 2 aromatic rings. The highest BCUT2D eigenvalue weighted by Crippen LogP contribution is 2.37. The number of methoxy groups -OCH3 is 2. The first-order valence-electron chi connectivity index (χ1n) is 7.91. The number of nitrogens with one attached hydrogen (secondary N) is 1. The summed E-state index contributed by atoms with van der Waals surface area (Å²) in [6.07, 6.45) is 0.149. The fourth-order valence-electron chi connectivity index (χ4n) is 2.90. The van der Waals surface area contributed by atoms with E-state index < -0.39 is 6.09 Å². The molecule has 1 aromatic heterocycles. The minimum atomic E-state index is -0.401. The van der Waals surface area contributed by atoms with Crippen molar-refractivity contribution in [3.8, 4) is 11.8 Å². The van der Waals surface area contributed by atoms with Crippen LogP contribution in [0.25, 0.3) is 0 Å². The summed E-state index contributed by atoms with van der Waals surface area (Å²) in [6.45, 7) is 0.844. The first-order chi connectivity index (χ1) is 12.6. The van der Waals surface area contributed by atoms with Crippen LogP contribution in [0, 0.1) is 11.3 Å². The van der Waals surface area contributed by atoms with Gasteiger partial charge < -0.3 is 19.7 Å². The highest BCUT2D eigenvalue weighted by molar-refractivity contribution is 7.16. The minimum Gasteiger partial charge on any atom is -0.496 e. The van der Waals surface area contributed by atoms with E-state index in [4.69, 9.17) is 9.47 Å². The average molecular weight is 371 g/mol. The molecule has 134 valence electrons. The van der Waals surface area contributed by atoms with Crippen LogP contribution in [0.1, 0.15) is 26.4 Å². The number of carbonyl (C=O) groups is 2. The molecular weight excluding hydrogens is 354 g/mol. The highest BCUT2D eigenvalue weighted by Gasteiger charge is 2.28. The number of hydrogen-bond donors (Lipinski definition) is 1. The lowest BCUT2D eigenvalue weighted by Crippen LogP contribution is -2.35. The monoisotopic (exact) mass is 371 g/mol. The Morgan fingerprint density at radius 2 is 2.08 bits per heavy atom. The van der Waals surface area contributed by atoms with Gasteiger partial charge in [0.2, 0.25) is 0 Å². The predicted molar refractivity (Wildman–Crippen MR) is 96.5 cm³/mol. The number of benzene rings is 1. The zero-order chi connectivity index (χ0) is 18.7. The standard InChI is InChI=1S/C18H17N3O4S/c1-24-14-6-4-3-5-12(14)16(22)20-17-13(9-19)11-7-8-21(18(23)25-2)10-15(11)26-17/h3-6H,7-8,10H2,1-2H3,(H,20,22). The Bertz CT molecular complexity index is 900. The second-order valence-electron chi connectivity index (χ2n) is 5.62. The van der Waals surface area contributed by atoms with E-state index in [9.17, 15) is 14.9 Å². The second kappa shape index (κ2) is 7.45. The largest absolute Gasteiger partial charge is 0.496 e. The van der Waals surface area contributed by atoms with Gasteiger partial charge in [-0.2, -0.15) is 5.26 Å². The first-order valence-corrected chi connectivity index (χ1v) is 8.72. The number of hydrogen-bond acceptors (Lipinski definition) is 6. The molecule has 1 aliphatic heterocycles. The van der Waals surface area contributed by atoms with Crippen molar-refractivity contribution in [3.05, 3.63) is 45.8 Å². The van der Waals surface area contributed by atoms with Crippen molar-refractivity contribution >= 4 is 28.3 Å². The number of thiophene rings is 1. The fourth-order valence-corrected chi connectivity index (χ4v) is 4.11. The van der Waals surface area contributed by atoms with Gasteiger partial charge in [0.05, 0.1) is 31.9 Å². The van der Waals surface area contributed by atoms with E-state index in [1.165, 1.54) is 25.6 Å². The maximum absolute atomic E-state index is 12.6. The van der Waals surface area contributed by atoms with Crippen LogP contribution < -0.4 is 10.1 Å². The quantitative estimate of drug-likeness (QED) is 0.895. The van der Waals surface area contributed by atoms with Gasteiger partial charge in [0, 0.05) is 11.4 Å². The Balaban J connectivity index is 1.88. The molecule has 2 amide bonds. The number of anilines is 1. The number of fused-ring (bicyclic) bond motifs is 1. The van der Waals surface area contributed by atoms with E-state index in [1.54, 1.807) is 29.2 Å². The Labute approximate surface area is 154 Å². The normalized spacial score (nSPS) is 12.7. The van der Waals surface area contributed by atoms with Crippen LogP contribution in [0.2, 0.25) is 0 Å². The molecule has 0 saturated heterocycles. The average Bonchev–Trinajstić information content (AvgIpc) is 3.03. The number of ether oxygens (including phenoxy) is 2. The molecule has 1 aromatic carbocycles. The molecule has 8 heteroatoms. The summed E-state index contributed by atoms with van der Waals surface area (Å²) in [5.74, 6) is 0.115. The molecule has 0 unspecified atom stereocenters. The van der Waals surface area contributed by atoms with Gasteiger partial charge in [-0.05, 0) is 24.1 Å². The van der Waals surface area contributed by atoms with E-state index >= 15 is 0 Å². The van der Waals surface area contributed by atoms with Gasteiger partial charge in [-0.15, -0.1) is 11.3 Å². The zero-order valence-corrected chi connectivity index (χ0v) is 15.2. The van der Waals surface area contributed by atoms with Crippen molar-refractivity contribution in [1.29, 1.82) is 5.26 Å². The molecular formula is C18H17N3O4S. The lowest BCUT2D eigenvalue weighted by atomic mass is 10.0. The summed E-state index contributed by atoms with van der Waals surface area (Å²) in [7, 11) is 2.84. The molecule has 1 N–H and O–H groups in total. The molecule has 0 bridgehead atoms. The third-order valence-electron chi connectivity index (χ3n) is 4.18. The second-order valence-corrected chi connectivity index (χ2v) is 6.72. The predicted octanol–water partition coefficient (Wildman–Crippen LogP) is 3.01. The smallest absolute Gasteiger partial charge is 0.409 e. The number of nitrogens with zero attached hydrogens (tertiary/aromatic N) is 2. The van der Waals surface area contributed by atoms with Crippen LogP contribution in [0.15, 0.2) is 24.3 Å². The van der Waals surface area contributed by atoms with Crippen molar-refractivity contribution in [2.24, 2.45) is 0 Å². The van der Waals surface area contributed by atoms with Gasteiger partial charge in [-0.1, -0.05) is 12.1 Å². The van der Waals surface area contributed by atoms with Crippen LogP contribution in [0.3, 0.4) is 0 Å². The van der Waals surface area contributed by atoms with Crippen LogP contribution in [0.4, 0.5) is 9.80 Å². The lowest BCUT2D eigenvalue weighted by molar-refractivity contribution is 0.102. The molecule has 0 atom stereocenters. The molecule has 7 nitrogen and oxygen atoms in total. The first kappa shape index (κ1) is 17.8. The Morgan fingerprint density at radius 3 is 2.77 bits per heavy atom. The van der Waals surface area contributed by atoms with E-state index in [2.05, 4.69) is 11.4 Å². The summed E-state index contributed by atoms with van der Waals surface area (Å²) in [5.41, 5.74) is 1.73. The summed E-state index contributed by atoms with van der Waals surface area (Å²) in [5, 5.41) is 12.8. The fraction of sp³-hybridized carbons (Fsp3) is 0.278. The molecule has 0 radical (unpaired) electrons. The van der Waals surface area contributed by atoms with Crippen molar-refractivity contribution in [3.63, 3.8) is 0 Å². The summed E-state index contributed by atoms with van der Waals surface area (Å²) >= 11 is 1.31. The zero-order valence-electron chi connectivity index (χ0n) is 14.4. The van der Waals surface area contributed by atoms with Gasteiger partial charge >= 0.3 is 6.09 Å². The van der Waals surface area contributed by atoms with Crippen molar-refractivity contribution in [1.82, 2.24) is 4.90 Å². The SMILES string of the molecule is COC(=O)N1CCc2c(sc(NC(=O)c3ccccc3OC)c2C#N)C1. The molecule has 0 fully saturated rings. The molecule has 2 heterocycles. The Kier molecular flexibility index (Phi) is 5.09. The van der Waals surface area contributed by atoms with Crippen molar-refractivity contribution in [2.45, 2.75) is 13.0 Å². The number of para-hydroxylation sites is 1. The molecule has 3 rings (SSSR count). The molecule has 26 heavy (non-hydrogen) atoms. The van der Waals surface area contributed by atoms with Crippen molar-refractivity contribution in [2.75, 3.05) is 26.1 Å². The number of rotatable bonds is 3. The Hall–Kier alpha value is -3.05. The molecule has 0 aliphatic carbocycles. The van der Waals surface area contributed by atoms with Gasteiger partial charge in [0.25, 0.3) is 5.91 Å². The minimum absolute atomic E-state index is 0.345. The maximum atomic E-state index is 12.6. The van der Waals surface area contributed by atoms with E-state index in [1.807, 2.05) is 0 Å². The van der Waals surface area contributed by atoms with Crippen LogP contribution in [-0.2, 0) is 17.7 Å². The van der Waals surface area contributed by atoms with Gasteiger partial charge in [0.1, 0.15) is 16.8 Å². The third-order valence-corrected chi connectivity index (χ3v) is 5.31. The summed E-state index contributed by atoms with van der Waals surface area (Å²) in [4.78, 5) is 26.8. The molecule has 1 aliphatic rings. The molecule has 0 saturated carbocycles. The van der Waals surface area contributed by atoms with E-state index in [0.29, 0.717) is 41.4 Å². The maximum Gasteiger partial charge on any atom is 0.409 e. The van der Waals surface area contributed by atoms with Crippen LogP contribution in [-0.4, -0.2) is 37.7 Å². The number of carbonyl (C=O) groups excluding carboxylic acids is 2. The lowest BCUT2D eigenvalue weighted by Gasteiger charge is -2.25. The Morgan fingerprint density at radius 1 is 1.31 bits per heavy atom. The summed E-state index contributed by atoms with van der Waals surface area (Å²) < 4.78 is 9.97. The number of nitriles is 1. The third kappa shape index (κ3) is 3.21. The van der Waals surface area contributed by atoms with E-state index in [0.717, 1.165) is 10.4 Å². The molecule has 0 spiro atoms. The van der Waals surface area contributed by atoms with Crippen LogP contribution in [0.5, 0.6) is 5.75 Å². The van der Waals surface area contributed by atoms with Gasteiger partial charge in [-0.25, -0.2) is 4.79 Å².